The number of aryl methyl sites for hydroxylation is 1. The molecule has 0 unspecified atom stereocenters. The molecule has 3 heterocycles. The molecular weight excluding hydrogens is 500 g/mol. The molecule has 3 aromatic rings. The standard InChI is InChI=1S/C24H30N6O4S2/c1-16-3-7-20(8-4-16)35(31,32)29-10-9-22-23(26-15-27-24(22)29)28(2)18-11-19(12-18)30(17-5-6-17)36(33,34)21-13-25-14-21/h3-4,7-10,15,17-19,21,25H,5-6,11-14H2,1-2H3/t18-,19+. The number of sulfonamides is 1. The van der Waals surface area contributed by atoms with Crippen LogP contribution in [0.3, 0.4) is 0 Å². The van der Waals surface area contributed by atoms with E-state index in [0.717, 1.165) is 31.2 Å². The highest BCUT2D eigenvalue weighted by Gasteiger charge is 2.50. The highest BCUT2D eigenvalue weighted by molar-refractivity contribution is 7.90. The van der Waals surface area contributed by atoms with Crippen LogP contribution in [0.1, 0.15) is 31.2 Å². The Bertz CT molecular complexity index is 1510. The van der Waals surface area contributed by atoms with E-state index in [1.165, 1.54) is 16.5 Å². The summed E-state index contributed by atoms with van der Waals surface area (Å²) in [5, 5.41) is 3.41. The van der Waals surface area contributed by atoms with Gasteiger partial charge in [-0.05, 0) is 50.8 Å². The van der Waals surface area contributed by atoms with Crippen LogP contribution in [0.15, 0.2) is 47.8 Å². The number of aromatic nitrogens is 3. The van der Waals surface area contributed by atoms with Gasteiger partial charge in [-0.15, -0.1) is 0 Å². The quantitative estimate of drug-likeness (QED) is 0.468. The average Bonchev–Trinajstić information content (AvgIpc) is 3.49. The minimum absolute atomic E-state index is 0.000564. The van der Waals surface area contributed by atoms with E-state index in [2.05, 4.69) is 15.3 Å². The molecule has 3 aliphatic rings. The van der Waals surface area contributed by atoms with E-state index < -0.39 is 20.0 Å². The van der Waals surface area contributed by atoms with Crippen LogP contribution >= 0.6 is 0 Å². The van der Waals surface area contributed by atoms with Crippen molar-refractivity contribution in [2.24, 2.45) is 0 Å². The molecule has 0 spiro atoms. The van der Waals surface area contributed by atoms with Crippen LogP contribution in [0.4, 0.5) is 5.82 Å². The van der Waals surface area contributed by atoms with Crippen LogP contribution < -0.4 is 10.2 Å². The molecule has 10 nitrogen and oxygen atoms in total. The number of anilines is 1. The number of hydrogen-bond donors (Lipinski definition) is 1. The molecule has 2 aromatic heterocycles. The molecule has 3 fully saturated rings. The maximum absolute atomic E-state index is 13.3. The first kappa shape index (κ1) is 23.8. The molecule has 1 saturated heterocycles. The van der Waals surface area contributed by atoms with Crippen molar-refractivity contribution < 1.29 is 16.8 Å². The van der Waals surface area contributed by atoms with Gasteiger partial charge in [0.1, 0.15) is 17.4 Å². The lowest BCUT2D eigenvalue weighted by Crippen LogP contribution is -2.62. The second-order valence-corrected chi connectivity index (χ2v) is 14.1. The number of rotatable bonds is 8. The summed E-state index contributed by atoms with van der Waals surface area (Å²) in [6.45, 7) is 2.97. The van der Waals surface area contributed by atoms with E-state index in [9.17, 15) is 16.8 Å². The summed E-state index contributed by atoms with van der Waals surface area (Å²) < 4.78 is 55.9. The third-order valence-corrected chi connectivity index (χ3v) is 11.7. The second-order valence-electron chi connectivity index (χ2n) is 10.1. The molecule has 0 bridgehead atoms. The van der Waals surface area contributed by atoms with E-state index in [1.54, 1.807) is 34.6 Å². The van der Waals surface area contributed by atoms with Crippen molar-refractivity contribution in [3.8, 4) is 0 Å². The Morgan fingerprint density at radius 1 is 0.944 bits per heavy atom. The van der Waals surface area contributed by atoms with Gasteiger partial charge in [0.2, 0.25) is 10.0 Å². The predicted octanol–water partition coefficient (Wildman–Crippen LogP) is 1.71. The largest absolute Gasteiger partial charge is 0.356 e. The van der Waals surface area contributed by atoms with Crippen molar-refractivity contribution in [3.63, 3.8) is 0 Å². The van der Waals surface area contributed by atoms with Gasteiger partial charge < -0.3 is 10.2 Å². The maximum Gasteiger partial charge on any atom is 0.269 e. The highest BCUT2D eigenvalue weighted by atomic mass is 32.2. The summed E-state index contributed by atoms with van der Waals surface area (Å²) in [4.78, 5) is 11.0. The fourth-order valence-electron chi connectivity index (χ4n) is 5.16. The van der Waals surface area contributed by atoms with E-state index in [4.69, 9.17) is 0 Å². The van der Waals surface area contributed by atoms with Crippen LogP contribution in [-0.4, -0.2) is 78.6 Å². The third-order valence-electron chi connectivity index (χ3n) is 7.70. The fraction of sp³-hybridized carbons (Fsp3) is 0.500. The molecule has 2 saturated carbocycles. The molecule has 192 valence electrons. The zero-order chi connectivity index (χ0) is 25.2. The van der Waals surface area contributed by atoms with Gasteiger partial charge in [0.05, 0.1) is 10.3 Å². The van der Waals surface area contributed by atoms with Crippen molar-refractivity contribution in [2.45, 2.75) is 60.9 Å². The van der Waals surface area contributed by atoms with Gasteiger partial charge in [0.15, 0.2) is 5.65 Å². The normalized spacial score (nSPS) is 23.0. The summed E-state index contributed by atoms with van der Waals surface area (Å²) in [5.74, 6) is 0.644. The van der Waals surface area contributed by atoms with Gasteiger partial charge in [-0.3, -0.25) is 0 Å². The van der Waals surface area contributed by atoms with Gasteiger partial charge >= 0.3 is 0 Å². The van der Waals surface area contributed by atoms with Crippen LogP contribution in [0.2, 0.25) is 0 Å². The SMILES string of the molecule is Cc1ccc(S(=O)(=O)n2ccc3c(N(C)[C@H]4C[C@@H](N(C5CC5)S(=O)(=O)C5CNC5)C4)ncnc32)cc1. The first-order chi connectivity index (χ1) is 17.2. The molecular formula is C24H30N6O4S2. The van der Waals surface area contributed by atoms with Crippen LogP contribution in [0, 0.1) is 6.92 Å². The zero-order valence-corrected chi connectivity index (χ0v) is 21.9. The van der Waals surface area contributed by atoms with Gasteiger partial charge in [-0.1, -0.05) is 17.7 Å². The Morgan fingerprint density at radius 2 is 1.64 bits per heavy atom. The average molecular weight is 531 g/mol. The van der Waals surface area contributed by atoms with Crippen LogP contribution in [-0.2, 0) is 20.0 Å². The van der Waals surface area contributed by atoms with Crippen molar-refractivity contribution in [1.82, 2.24) is 23.6 Å². The fourth-order valence-corrected chi connectivity index (χ4v) is 8.67. The lowest BCUT2D eigenvalue weighted by Gasteiger charge is -2.47. The third kappa shape index (κ3) is 3.82. The number of nitrogens with one attached hydrogen (secondary N) is 1. The number of fused-ring (bicyclic) bond motifs is 1. The van der Waals surface area contributed by atoms with Crippen molar-refractivity contribution >= 4 is 36.9 Å². The molecule has 36 heavy (non-hydrogen) atoms. The molecule has 0 atom stereocenters. The summed E-state index contributed by atoms with van der Waals surface area (Å²) >= 11 is 0. The first-order valence-electron chi connectivity index (χ1n) is 12.3. The molecule has 1 aliphatic heterocycles. The molecule has 12 heteroatoms. The van der Waals surface area contributed by atoms with Crippen molar-refractivity contribution in [2.75, 3.05) is 25.0 Å². The van der Waals surface area contributed by atoms with Crippen LogP contribution in [0.25, 0.3) is 11.0 Å². The monoisotopic (exact) mass is 530 g/mol. The van der Waals surface area contributed by atoms with E-state index in [1.807, 2.05) is 18.9 Å². The van der Waals surface area contributed by atoms with Crippen LogP contribution in [0.5, 0.6) is 0 Å². The second kappa shape index (κ2) is 8.51. The van der Waals surface area contributed by atoms with Crippen molar-refractivity contribution in [3.05, 3.63) is 48.4 Å². The van der Waals surface area contributed by atoms with E-state index in [-0.39, 0.29) is 28.3 Å². The topological polar surface area (TPSA) is 118 Å². The van der Waals surface area contributed by atoms with E-state index >= 15 is 0 Å². The number of nitrogens with zero attached hydrogens (tertiary/aromatic N) is 5. The molecule has 0 amide bonds. The summed E-state index contributed by atoms with van der Waals surface area (Å²) in [5.41, 5.74) is 1.30. The van der Waals surface area contributed by atoms with E-state index in [0.29, 0.717) is 29.9 Å². The number of benzene rings is 1. The molecule has 1 aromatic carbocycles. The lowest BCUT2D eigenvalue weighted by atomic mass is 9.85. The summed E-state index contributed by atoms with van der Waals surface area (Å²) in [6.07, 6.45) is 6.22. The van der Waals surface area contributed by atoms with Gasteiger partial charge in [-0.2, -0.15) is 4.31 Å². The lowest BCUT2D eigenvalue weighted by molar-refractivity contribution is 0.179. The highest BCUT2D eigenvalue weighted by Crippen LogP contribution is 2.42. The summed E-state index contributed by atoms with van der Waals surface area (Å²) in [7, 11) is -5.17. The van der Waals surface area contributed by atoms with Gasteiger partial charge in [0, 0.05) is 44.5 Å². The molecule has 1 N–H and O–H groups in total. The Kier molecular flexibility index (Phi) is 5.63. The Balaban J connectivity index is 1.24. The molecule has 0 radical (unpaired) electrons. The van der Waals surface area contributed by atoms with Crippen molar-refractivity contribution in [1.29, 1.82) is 0 Å². The van der Waals surface area contributed by atoms with Gasteiger partial charge in [0.25, 0.3) is 10.0 Å². The Labute approximate surface area is 211 Å². The minimum atomic E-state index is -3.81. The summed E-state index contributed by atoms with van der Waals surface area (Å²) in [6, 6.07) is 8.71. The first-order valence-corrected chi connectivity index (χ1v) is 15.2. The maximum atomic E-state index is 13.3. The predicted molar refractivity (Wildman–Crippen MR) is 137 cm³/mol. The zero-order valence-electron chi connectivity index (χ0n) is 20.3. The van der Waals surface area contributed by atoms with Gasteiger partial charge in [-0.25, -0.2) is 30.8 Å². The Hall–Kier alpha value is -2.54. The molecule has 2 aliphatic carbocycles. The number of hydrogen-bond acceptors (Lipinski definition) is 8. The smallest absolute Gasteiger partial charge is 0.269 e. The molecule has 6 rings (SSSR count). The minimum Gasteiger partial charge on any atom is -0.356 e. The Morgan fingerprint density at radius 3 is 2.25 bits per heavy atom.